The molecule has 0 spiro atoms. The summed E-state index contributed by atoms with van der Waals surface area (Å²) in [4.78, 5) is 14.7. The summed E-state index contributed by atoms with van der Waals surface area (Å²) in [6.45, 7) is 5.82. The average Bonchev–Trinajstić information content (AvgIpc) is 3.19. The van der Waals surface area contributed by atoms with E-state index in [4.69, 9.17) is 4.74 Å². The molecule has 2 aromatic carbocycles. The first-order chi connectivity index (χ1) is 14.7. The fourth-order valence-electron chi connectivity index (χ4n) is 3.98. The number of likely N-dealkylation sites (tertiary alicyclic amines) is 1. The number of nitrogens with zero attached hydrogens (tertiary/aromatic N) is 3. The summed E-state index contributed by atoms with van der Waals surface area (Å²) in [6, 6.07) is 21.9. The molecule has 0 radical (unpaired) electrons. The standard InChI is InChI=1S/C25H29N3O2.ClH/c1-20-7-5-16-27(20)17-6-18-30-23-12-10-22(11-13-23)24-14-15-25(29)28(26-24)19-21-8-3-2-4-9-21;/h2-4,8-15,20H,5-7,16-19H2,1H3;1H/t20-;/m1./s1. The summed E-state index contributed by atoms with van der Waals surface area (Å²) in [7, 11) is 0. The molecule has 4 rings (SSSR count). The van der Waals surface area contributed by atoms with Gasteiger partial charge in [0.15, 0.2) is 0 Å². The van der Waals surface area contributed by atoms with Gasteiger partial charge in [0.2, 0.25) is 0 Å². The molecule has 1 aliphatic rings. The van der Waals surface area contributed by atoms with E-state index in [0.717, 1.165) is 42.1 Å². The minimum Gasteiger partial charge on any atom is -0.494 e. The van der Waals surface area contributed by atoms with Crippen LogP contribution in [0.1, 0.15) is 31.7 Å². The lowest BCUT2D eigenvalue weighted by atomic mass is 10.1. The summed E-state index contributed by atoms with van der Waals surface area (Å²) < 4.78 is 7.42. The van der Waals surface area contributed by atoms with Gasteiger partial charge in [-0.1, -0.05) is 30.3 Å². The molecule has 1 saturated heterocycles. The Morgan fingerprint density at radius 2 is 1.81 bits per heavy atom. The Labute approximate surface area is 190 Å². The second-order valence-corrected chi connectivity index (χ2v) is 7.95. The summed E-state index contributed by atoms with van der Waals surface area (Å²) in [5.74, 6) is 0.867. The van der Waals surface area contributed by atoms with E-state index < -0.39 is 0 Å². The molecule has 6 heteroatoms. The number of aromatic nitrogens is 2. The molecule has 0 saturated carbocycles. The Morgan fingerprint density at radius 1 is 1.03 bits per heavy atom. The van der Waals surface area contributed by atoms with E-state index in [0.29, 0.717) is 12.6 Å². The van der Waals surface area contributed by atoms with E-state index in [-0.39, 0.29) is 18.0 Å². The minimum atomic E-state index is -0.102. The van der Waals surface area contributed by atoms with Crippen LogP contribution in [0.5, 0.6) is 5.75 Å². The van der Waals surface area contributed by atoms with Gasteiger partial charge in [-0.05, 0) is 68.6 Å². The van der Waals surface area contributed by atoms with E-state index >= 15 is 0 Å². The van der Waals surface area contributed by atoms with E-state index in [1.54, 1.807) is 12.1 Å². The van der Waals surface area contributed by atoms with Crippen molar-refractivity contribution in [3.05, 3.63) is 82.6 Å². The van der Waals surface area contributed by atoms with Crippen LogP contribution in [0, 0.1) is 0 Å². The van der Waals surface area contributed by atoms with Crippen molar-refractivity contribution in [3.8, 4) is 17.0 Å². The Balaban J connectivity index is 0.00000272. The lowest BCUT2D eigenvalue weighted by molar-refractivity contribution is 0.230. The average molecular weight is 440 g/mol. The first kappa shape index (κ1) is 23.0. The highest BCUT2D eigenvalue weighted by atomic mass is 35.5. The van der Waals surface area contributed by atoms with Crippen molar-refractivity contribution in [2.75, 3.05) is 19.7 Å². The van der Waals surface area contributed by atoms with Crippen LogP contribution in [-0.4, -0.2) is 40.4 Å². The molecule has 0 bridgehead atoms. The molecule has 3 aromatic rings. The maximum Gasteiger partial charge on any atom is 0.267 e. The normalized spacial score (nSPS) is 16.1. The molecule has 0 aliphatic carbocycles. The fraction of sp³-hybridized carbons (Fsp3) is 0.360. The van der Waals surface area contributed by atoms with Gasteiger partial charge in [0, 0.05) is 24.2 Å². The number of rotatable bonds is 8. The summed E-state index contributed by atoms with van der Waals surface area (Å²) >= 11 is 0. The monoisotopic (exact) mass is 439 g/mol. The van der Waals surface area contributed by atoms with Crippen molar-refractivity contribution >= 4 is 12.4 Å². The first-order valence-corrected chi connectivity index (χ1v) is 10.8. The number of hydrogen-bond donors (Lipinski definition) is 0. The minimum absolute atomic E-state index is 0. The molecular weight excluding hydrogens is 410 g/mol. The number of halogens is 1. The third kappa shape index (κ3) is 6.18. The number of ether oxygens (including phenoxy) is 1. The third-order valence-electron chi connectivity index (χ3n) is 5.74. The van der Waals surface area contributed by atoms with Gasteiger partial charge in [-0.3, -0.25) is 4.79 Å². The Bertz CT molecular complexity index is 1010. The van der Waals surface area contributed by atoms with E-state index in [9.17, 15) is 4.79 Å². The number of hydrogen-bond acceptors (Lipinski definition) is 4. The predicted molar refractivity (Wildman–Crippen MR) is 127 cm³/mol. The summed E-state index contributed by atoms with van der Waals surface area (Å²) in [6.07, 6.45) is 3.67. The predicted octanol–water partition coefficient (Wildman–Crippen LogP) is 4.63. The van der Waals surface area contributed by atoms with Crippen molar-refractivity contribution in [2.45, 2.75) is 38.8 Å². The first-order valence-electron chi connectivity index (χ1n) is 10.8. The van der Waals surface area contributed by atoms with Gasteiger partial charge in [0.25, 0.3) is 5.56 Å². The molecule has 1 aromatic heterocycles. The Kier molecular flexibility index (Phi) is 8.27. The van der Waals surface area contributed by atoms with Gasteiger partial charge in [-0.2, -0.15) is 5.10 Å². The van der Waals surface area contributed by atoms with Crippen molar-refractivity contribution in [2.24, 2.45) is 0 Å². The lowest BCUT2D eigenvalue weighted by Gasteiger charge is -2.20. The van der Waals surface area contributed by atoms with Crippen LogP contribution < -0.4 is 10.3 Å². The molecule has 1 fully saturated rings. The molecule has 1 aliphatic heterocycles. The maximum absolute atomic E-state index is 12.2. The van der Waals surface area contributed by atoms with Crippen molar-refractivity contribution in [3.63, 3.8) is 0 Å². The van der Waals surface area contributed by atoms with Gasteiger partial charge in [0.05, 0.1) is 18.8 Å². The van der Waals surface area contributed by atoms with Crippen LogP contribution in [-0.2, 0) is 6.54 Å². The second kappa shape index (κ2) is 11.1. The highest BCUT2D eigenvalue weighted by molar-refractivity contribution is 5.85. The van der Waals surface area contributed by atoms with Crippen LogP contribution in [0.25, 0.3) is 11.3 Å². The van der Waals surface area contributed by atoms with Crippen LogP contribution in [0.3, 0.4) is 0 Å². The maximum atomic E-state index is 12.2. The summed E-state index contributed by atoms with van der Waals surface area (Å²) in [5.41, 5.74) is 2.70. The lowest BCUT2D eigenvalue weighted by Crippen LogP contribution is -2.28. The van der Waals surface area contributed by atoms with Crippen LogP contribution in [0.2, 0.25) is 0 Å². The van der Waals surface area contributed by atoms with Gasteiger partial charge in [-0.25, -0.2) is 4.68 Å². The van der Waals surface area contributed by atoms with E-state index in [1.165, 1.54) is 24.1 Å². The Morgan fingerprint density at radius 3 is 2.52 bits per heavy atom. The molecule has 0 unspecified atom stereocenters. The number of benzene rings is 2. The van der Waals surface area contributed by atoms with E-state index in [2.05, 4.69) is 16.9 Å². The van der Waals surface area contributed by atoms with Crippen LogP contribution in [0.4, 0.5) is 0 Å². The van der Waals surface area contributed by atoms with Gasteiger partial charge < -0.3 is 9.64 Å². The molecular formula is C25H30ClN3O2. The zero-order valence-electron chi connectivity index (χ0n) is 17.9. The molecule has 31 heavy (non-hydrogen) atoms. The molecule has 5 nitrogen and oxygen atoms in total. The molecule has 1 atom stereocenters. The third-order valence-corrected chi connectivity index (χ3v) is 5.74. The molecule has 0 amide bonds. The molecule has 0 N–H and O–H groups in total. The van der Waals surface area contributed by atoms with Crippen molar-refractivity contribution in [1.29, 1.82) is 0 Å². The zero-order chi connectivity index (χ0) is 20.8. The topological polar surface area (TPSA) is 47.4 Å². The second-order valence-electron chi connectivity index (χ2n) is 7.95. The smallest absolute Gasteiger partial charge is 0.267 e. The summed E-state index contributed by atoms with van der Waals surface area (Å²) in [5, 5.41) is 4.55. The van der Waals surface area contributed by atoms with Gasteiger partial charge in [0.1, 0.15) is 5.75 Å². The highest BCUT2D eigenvalue weighted by Crippen LogP contribution is 2.21. The van der Waals surface area contributed by atoms with E-state index in [1.807, 2.05) is 54.6 Å². The Hall–Kier alpha value is -2.63. The van der Waals surface area contributed by atoms with Crippen LogP contribution >= 0.6 is 12.4 Å². The largest absolute Gasteiger partial charge is 0.494 e. The van der Waals surface area contributed by atoms with Crippen molar-refractivity contribution < 1.29 is 4.74 Å². The van der Waals surface area contributed by atoms with Crippen molar-refractivity contribution in [1.82, 2.24) is 14.7 Å². The molecule has 2 heterocycles. The SMILES string of the molecule is C[C@@H]1CCCN1CCCOc1ccc(-c2ccc(=O)n(Cc3ccccc3)n2)cc1.Cl. The highest BCUT2D eigenvalue weighted by Gasteiger charge is 2.19. The van der Waals surface area contributed by atoms with Crippen LogP contribution in [0.15, 0.2) is 71.5 Å². The van der Waals surface area contributed by atoms with Gasteiger partial charge >= 0.3 is 0 Å². The van der Waals surface area contributed by atoms with Gasteiger partial charge in [-0.15, -0.1) is 12.4 Å². The quantitative estimate of drug-likeness (QED) is 0.480. The molecule has 164 valence electrons. The fourth-order valence-corrected chi connectivity index (χ4v) is 3.98. The zero-order valence-corrected chi connectivity index (χ0v) is 18.8.